The molecule has 12 rings (SSSR count). The van der Waals surface area contributed by atoms with Crippen LogP contribution in [0.1, 0.15) is 240 Å². The number of aromatic nitrogens is 4. The van der Waals surface area contributed by atoms with E-state index in [1.807, 2.05) is 169 Å². The minimum Gasteiger partial charge on any atom is -0.359 e. The molecule has 784 valence electrons. The van der Waals surface area contributed by atoms with Crippen LogP contribution in [0.4, 0.5) is 0 Å². The summed E-state index contributed by atoms with van der Waals surface area (Å²) >= 11 is 30.5. The van der Waals surface area contributed by atoms with Crippen LogP contribution < -0.4 is 26.6 Å². The number of fused-ring (bicyclic) bond motifs is 4. The Labute approximate surface area is 887 Å². The molecule has 4 fully saturated rings. The zero-order chi connectivity index (χ0) is 104. The summed E-state index contributed by atoms with van der Waals surface area (Å²) in [5, 5.41) is 21.5. The Morgan fingerprint density at radius 1 is 0.354 bits per heavy atom. The van der Waals surface area contributed by atoms with Gasteiger partial charge in [0.1, 0.15) is 17.3 Å². The van der Waals surface area contributed by atoms with Crippen molar-refractivity contribution in [2.45, 2.75) is 270 Å². The molecule has 5 N–H and O–H groups in total. The van der Waals surface area contributed by atoms with Gasteiger partial charge in [0, 0.05) is 167 Å². The molecule has 4 aliphatic carbocycles. The van der Waals surface area contributed by atoms with Gasteiger partial charge in [0.15, 0.2) is 23.1 Å². The molecule has 0 bridgehead atoms. The summed E-state index contributed by atoms with van der Waals surface area (Å²) in [4.78, 5) is 180. The van der Waals surface area contributed by atoms with Gasteiger partial charge in [-0.2, -0.15) is 0 Å². The molecule has 0 aliphatic heterocycles. The van der Waals surface area contributed by atoms with Crippen molar-refractivity contribution >= 4 is 203 Å². The first-order valence-corrected chi connectivity index (χ1v) is 56.2. The number of likely N-dealkylation sites (N-methyl/N-ethyl adjacent to an activating group) is 4. The second-order valence-electron chi connectivity index (χ2n) is 40.2. The summed E-state index contributed by atoms with van der Waals surface area (Å²) in [6.07, 6.45) is 39.8. The van der Waals surface area contributed by atoms with E-state index in [-0.39, 0.29) is 120 Å². The van der Waals surface area contributed by atoms with Gasteiger partial charge in [-0.25, -0.2) is 19.9 Å². The lowest BCUT2D eigenvalue weighted by molar-refractivity contribution is -0.131. The molecule has 0 unspecified atom stereocenters. The van der Waals surface area contributed by atoms with Crippen molar-refractivity contribution < 1.29 is 57.5 Å². The summed E-state index contributed by atoms with van der Waals surface area (Å²) in [7, 11) is 17.3. The van der Waals surface area contributed by atoms with Gasteiger partial charge in [-0.1, -0.05) is 136 Å². The van der Waals surface area contributed by atoms with E-state index in [0.717, 1.165) is 190 Å². The van der Waals surface area contributed by atoms with E-state index in [2.05, 4.69) is 41.5 Å². The number of hydrogen-bond acceptors (Lipinski definition) is 24. The van der Waals surface area contributed by atoms with E-state index in [1.54, 1.807) is 49.6 Å². The zero-order valence-corrected chi connectivity index (χ0v) is 92.5. The average molecular weight is 2130 g/mol. The molecule has 144 heavy (non-hydrogen) atoms. The highest BCUT2D eigenvalue weighted by molar-refractivity contribution is 7.19. The van der Waals surface area contributed by atoms with Gasteiger partial charge < -0.3 is 51.0 Å². The van der Waals surface area contributed by atoms with E-state index in [4.69, 9.17) is 51.4 Å². The maximum atomic E-state index is 13.6. The SMILES string of the molecule is CC(=O)C[C@@H](Cc1nc2ccc(Cl)cc2s1)C(=O)N[C@H](CCC(=O)/C=C/CN(C)C)C1CCCC1.CCC(=O)C[C@@H](Cc1nc2ccc(Cl)cc2s1)C(=O)N[C@H](CCC(=O)/C=C/CN(C)C)C1CCCC1.CCCC(=O)C[C@@H](Cc1nc2ccc(Cl)cc2s1)C(=O)N[C@H](CCC(=O)/C=C/CN(C)C)C1CCCC1.CNC(=O)C[C@@H](Cc1nc2ccc(Cl)cc2s1)C(=O)N[C@H](CCC(=O)/C=C/CN(C)C)C1CCCC1. The number of thiazole rings is 4. The van der Waals surface area contributed by atoms with Gasteiger partial charge in [-0.05, 0) is 268 Å². The highest BCUT2D eigenvalue weighted by Gasteiger charge is 2.37. The first-order chi connectivity index (χ1) is 68.9. The number of amides is 5. The topological polar surface area (TPSA) is 330 Å². The number of ketones is 7. The van der Waals surface area contributed by atoms with Crippen LogP contribution in [0.3, 0.4) is 0 Å². The van der Waals surface area contributed by atoms with E-state index in [9.17, 15) is 57.5 Å². The molecule has 4 saturated carbocycles. The number of hydrogen-bond donors (Lipinski definition) is 5. The van der Waals surface area contributed by atoms with Crippen molar-refractivity contribution in [1.82, 2.24) is 66.1 Å². The van der Waals surface area contributed by atoms with Crippen LogP contribution in [0.2, 0.25) is 20.1 Å². The smallest absolute Gasteiger partial charge is 0.224 e. The van der Waals surface area contributed by atoms with Crippen molar-refractivity contribution in [3.63, 3.8) is 0 Å². The lowest BCUT2D eigenvalue weighted by Crippen LogP contribution is -2.44. The van der Waals surface area contributed by atoms with Crippen LogP contribution >= 0.6 is 91.8 Å². The Hall–Kier alpha value is -8.56. The fourth-order valence-corrected chi connectivity index (χ4v) is 24.5. The highest BCUT2D eigenvalue weighted by atomic mass is 35.5. The van der Waals surface area contributed by atoms with E-state index >= 15 is 0 Å². The monoisotopic (exact) mass is 2130 g/mol. The lowest BCUT2D eigenvalue weighted by Gasteiger charge is -2.27. The summed E-state index contributed by atoms with van der Waals surface area (Å²) in [5.41, 5.74) is 3.39. The molecule has 8 aromatic rings. The summed E-state index contributed by atoms with van der Waals surface area (Å²) in [6, 6.07) is 22.0. The van der Waals surface area contributed by atoms with Crippen molar-refractivity contribution in [1.29, 1.82) is 0 Å². The average Bonchev–Trinajstić information content (AvgIpc) is 1.69. The van der Waals surface area contributed by atoms with Crippen LogP contribution in [-0.4, -0.2) is 223 Å². The largest absolute Gasteiger partial charge is 0.359 e. The molecule has 25 nitrogen and oxygen atoms in total. The van der Waals surface area contributed by atoms with Gasteiger partial charge in [0.05, 0.1) is 84.6 Å². The molecule has 0 saturated heterocycles. The van der Waals surface area contributed by atoms with Crippen molar-refractivity contribution in [3.8, 4) is 0 Å². The lowest BCUT2D eigenvalue weighted by atomic mass is 9.91. The minimum absolute atomic E-state index is 0.0204. The van der Waals surface area contributed by atoms with Crippen LogP contribution in [0.15, 0.2) is 121 Å². The minimum atomic E-state index is -0.541. The third kappa shape index (κ3) is 42.6. The predicted molar refractivity (Wildman–Crippen MR) is 589 cm³/mol. The van der Waals surface area contributed by atoms with Crippen molar-refractivity contribution in [3.05, 3.63) is 162 Å². The Balaban J connectivity index is 0.000000214. The number of rotatable bonds is 55. The number of halogens is 4. The molecular formula is C111H151Cl4N13O12S4. The van der Waals surface area contributed by atoms with Crippen LogP contribution in [-0.2, 0) is 83.2 Å². The Morgan fingerprint density at radius 2 is 0.597 bits per heavy atom. The molecule has 0 spiro atoms. The zero-order valence-electron chi connectivity index (χ0n) is 86.2. The molecule has 8 atom stereocenters. The van der Waals surface area contributed by atoms with Crippen molar-refractivity contribution in [2.24, 2.45) is 47.3 Å². The number of carbonyl (C=O) groups excluding carboxylic acids is 12. The quantitative estimate of drug-likeness (QED) is 0.0221. The normalized spacial score (nSPS) is 16.1. The van der Waals surface area contributed by atoms with Crippen LogP contribution in [0, 0.1) is 47.3 Å². The fourth-order valence-electron chi connectivity index (χ4n) is 19.2. The third-order valence-corrected chi connectivity index (χ3v) is 32.1. The molecular weight excluding hydrogens is 1980 g/mol. The van der Waals surface area contributed by atoms with Gasteiger partial charge >= 0.3 is 0 Å². The first kappa shape index (κ1) is 119. The molecule has 4 aromatic heterocycles. The summed E-state index contributed by atoms with van der Waals surface area (Å²) in [5.74, 6) is -0.690. The second kappa shape index (κ2) is 62.7. The molecule has 5 amide bonds. The molecule has 4 aliphatic rings. The fraction of sp³-hybridized carbons (Fsp3) is 0.568. The van der Waals surface area contributed by atoms with Crippen LogP contribution in [0.5, 0.6) is 0 Å². The van der Waals surface area contributed by atoms with E-state index in [0.29, 0.717) is 140 Å². The van der Waals surface area contributed by atoms with Gasteiger partial charge in [-0.15, -0.1) is 45.3 Å². The maximum Gasteiger partial charge on any atom is 0.224 e. The van der Waals surface area contributed by atoms with E-state index in [1.165, 1.54) is 52.3 Å². The highest BCUT2D eigenvalue weighted by Crippen LogP contribution is 2.38. The third-order valence-electron chi connectivity index (χ3n) is 27.0. The maximum absolute atomic E-state index is 13.6. The molecule has 4 aromatic carbocycles. The number of nitrogens with zero attached hydrogens (tertiary/aromatic N) is 8. The molecule has 0 radical (unpaired) electrons. The van der Waals surface area contributed by atoms with Crippen molar-refractivity contribution in [2.75, 3.05) is 89.6 Å². The Morgan fingerprint density at radius 3 is 0.826 bits per heavy atom. The van der Waals surface area contributed by atoms with Crippen LogP contribution in [0.25, 0.3) is 40.9 Å². The number of nitrogens with one attached hydrogen (secondary N) is 5. The van der Waals surface area contributed by atoms with Gasteiger partial charge in [-0.3, -0.25) is 52.7 Å². The number of Topliss-reactive ketones (excluding diaryl/α,β-unsaturated/α-hetero) is 3. The number of carbonyl (C=O) groups is 12. The Kier molecular flexibility index (Phi) is 51.8. The van der Waals surface area contributed by atoms with E-state index < -0.39 is 23.7 Å². The van der Waals surface area contributed by atoms with Gasteiger partial charge in [0.2, 0.25) is 29.5 Å². The molecule has 4 heterocycles. The summed E-state index contributed by atoms with van der Waals surface area (Å²) < 4.78 is 3.88. The number of allylic oxidation sites excluding steroid dienone is 4. The number of benzene rings is 4. The predicted octanol–water partition coefficient (Wildman–Crippen LogP) is 21.2. The molecule has 33 heteroatoms. The summed E-state index contributed by atoms with van der Waals surface area (Å²) in [6.45, 7) is 8.20. The Bertz CT molecular complexity index is 5490. The van der Waals surface area contributed by atoms with Gasteiger partial charge in [0.25, 0.3) is 0 Å². The standard InChI is InChI=1S/C29H40ClN3O3S.C28H38ClN3O3S.C27H37ClN4O3S.C27H36ClN3O3S/c1-4-8-24(35)17-21(18-28-31-26-14-12-22(30)19-27(26)37-28)29(36)32-25(20-9-5-6-10-20)15-13-23(34)11-7-16-33(2)3;1-4-22(33)16-20(17-27-30-25-13-11-21(29)18-26(25)36-27)28(35)31-24(19-8-5-6-9-19)14-12-23(34)10-7-15-32(2)3;1-29-25(34)15-19(16-26-30-23-12-10-20(28)17-24(23)36-26)27(35)31-22(18-7-4-5-8-18)13-11-21(33)9-6-14-32(2)3;1-18(32)15-20(16-26-29-24-12-10-21(28)17-25(24)35-26)27(34)30-23(19-7-4-5-8-19)13-11-22(33)9-6-14-31(2)3/h7,11-12,14,19-21,25H,4-6,8-10,13,15-18H2,1-3H3,(H,32,36);7,10-11,13,18-20,24H,4-6,8-9,12,14-17H2,1-3H3,(H,31,35);6,9-10,12,17-19,22H,4-5,7-8,11,13-16H2,1-3H3,(H,29,34)(H,31,35);6,9-10,12,17,19-20,23H,4-5,7-8,11,13-16H2,1-3H3,(H,30,34)/b11-7+;10-7+;2*9-6+/t21-,25+;20-,24+;19-,22+;20-,23+/m0000/s1. The second-order valence-corrected chi connectivity index (χ2v) is 46.4. The first-order valence-electron chi connectivity index (χ1n) is 51.5.